The van der Waals surface area contributed by atoms with E-state index in [-0.39, 0.29) is 18.5 Å². The zero-order valence-electron chi connectivity index (χ0n) is 13.6. The number of carbonyl (C=O) groups is 2. The van der Waals surface area contributed by atoms with Gasteiger partial charge in [-0.15, -0.1) is 0 Å². The zero-order chi connectivity index (χ0) is 17.4. The van der Waals surface area contributed by atoms with Gasteiger partial charge in [0, 0.05) is 25.7 Å². The number of nitrogens with zero attached hydrogens (tertiary/aromatic N) is 2. The number of nitrogens with one attached hydrogen (secondary N) is 2. The van der Waals surface area contributed by atoms with Gasteiger partial charge < -0.3 is 15.3 Å². The molecule has 3 N–H and O–H groups in total. The van der Waals surface area contributed by atoms with Crippen molar-refractivity contribution >= 4 is 12.0 Å². The molecule has 0 spiro atoms. The number of carbonyl (C=O) groups excluding carboxylic acids is 1. The number of carboxylic acids is 1. The predicted octanol–water partition coefficient (Wildman–Crippen LogP) is 2.03. The topological polar surface area (TPSA) is 98.3 Å². The van der Waals surface area contributed by atoms with E-state index < -0.39 is 5.97 Å². The third-order valence-electron chi connectivity index (χ3n) is 3.67. The molecule has 7 nitrogen and oxygen atoms in total. The Balaban J connectivity index is 1.95. The van der Waals surface area contributed by atoms with Crippen molar-refractivity contribution in [3.63, 3.8) is 0 Å². The van der Waals surface area contributed by atoms with Crippen LogP contribution < -0.4 is 5.32 Å². The number of benzene rings is 1. The molecule has 1 unspecified atom stereocenters. The molecule has 24 heavy (non-hydrogen) atoms. The molecule has 0 fully saturated rings. The van der Waals surface area contributed by atoms with Gasteiger partial charge in [0.25, 0.3) is 0 Å². The maximum Gasteiger partial charge on any atom is 0.317 e. The monoisotopic (exact) mass is 330 g/mol. The minimum atomic E-state index is -0.867. The van der Waals surface area contributed by atoms with E-state index in [1.54, 1.807) is 19.3 Å². The largest absolute Gasteiger partial charge is 0.481 e. The highest BCUT2D eigenvalue weighted by atomic mass is 16.4. The molecule has 1 aromatic carbocycles. The first kappa shape index (κ1) is 17.5. The highest BCUT2D eigenvalue weighted by Gasteiger charge is 2.17. The second-order valence-corrected chi connectivity index (χ2v) is 5.71. The molecule has 1 aromatic heterocycles. The molecule has 0 saturated carbocycles. The van der Waals surface area contributed by atoms with E-state index in [1.165, 1.54) is 4.90 Å². The summed E-state index contributed by atoms with van der Waals surface area (Å²) in [5.74, 6) is -0.867. The number of urea groups is 1. The van der Waals surface area contributed by atoms with E-state index in [0.29, 0.717) is 19.4 Å². The number of amides is 2. The van der Waals surface area contributed by atoms with E-state index in [1.807, 2.05) is 30.3 Å². The van der Waals surface area contributed by atoms with Crippen molar-refractivity contribution in [2.45, 2.75) is 31.8 Å². The van der Waals surface area contributed by atoms with Crippen molar-refractivity contribution in [3.05, 3.63) is 53.9 Å². The SMILES string of the molecule is CN(Cc1ccn[nH]1)C(=O)NC(CCC(=O)O)Cc1ccccc1. The second-order valence-electron chi connectivity index (χ2n) is 5.71. The van der Waals surface area contributed by atoms with Crippen molar-refractivity contribution in [1.29, 1.82) is 0 Å². The van der Waals surface area contributed by atoms with Gasteiger partial charge >= 0.3 is 12.0 Å². The number of H-pyrrole nitrogens is 1. The van der Waals surface area contributed by atoms with Crippen molar-refractivity contribution in [2.75, 3.05) is 7.05 Å². The lowest BCUT2D eigenvalue weighted by atomic mass is 10.0. The molecule has 0 aliphatic rings. The molecule has 7 heteroatoms. The van der Waals surface area contributed by atoms with E-state index in [0.717, 1.165) is 11.3 Å². The highest BCUT2D eigenvalue weighted by molar-refractivity contribution is 5.74. The van der Waals surface area contributed by atoms with Crippen LogP contribution in [0.4, 0.5) is 4.79 Å². The number of aromatic amines is 1. The third-order valence-corrected chi connectivity index (χ3v) is 3.67. The fraction of sp³-hybridized carbons (Fsp3) is 0.353. The van der Waals surface area contributed by atoms with Crippen molar-refractivity contribution in [3.8, 4) is 0 Å². The van der Waals surface area contributed by atoms with Crippen LogP contribution in [0.25, 0.3) is 0 Å². The smallest absolute Gasteiger partial charge is 0.317 e. The Morgan fingerprint density at radius 1 is 1.29 bits per heavy atom. The van der Waals surface area contributed by atoms with Gasteiger partial charge in [0.1, 0.15) is 0 Å². The van der Waals surface area contributed by atoms with Gasteiger partial charge in [-0.05, 0) is 24.5 Å². The Hall–Kier alpha value is -2.83. The molecule has 1 atom stereocenters. The van der Waals surface area contributed by atoms with E-state index in [2.05, 4.69) is 15.5 Å². The molecule has 2 amide bonds. The lowest BCUT2D eigenvalue weighted by Gasteiger charge is -2.23. The average molecular weight is 330 g/mol. The maximum atomic E-state index is 12.3. The first-order valence-corrected chi connectivity index (χ1v) is 7.80. The van der Waals surface area contributed by atoms with Crippen LogP contribution in [-0.2, 0) is 17.8 Å². The third kappa shape index (κ3) is 5.75. The first-order valence-electron chi connectivity index (χ1n) is 7.80. The van der Waals surface area contributed by atoms with Crippen LogP contribution in [0, 0.1) is 0 Å². The van der Waals surface area contributed by atoms with Crippen LogP contribution in [0.5, 0.6) is 0 Å². The van der Waals surface area contributed by atoms with Gasteiger partial charge in [-0.3, -0.25) is 9.89 Å². The number of aliphatic carboxylic acids is 1. The zero-order valence-corrected chi connectivity index (χ0v) is 13.6. The molecule has 0 radical (unpaired) electrons. The Morgan fingerprint density at radius 2 is 2.04 bits per heavy atom. The van der Waals surface area contributed by atoms with Crippen LogP contribution in [0.2, 0.25) is 0 Å². The van der Waals surface area contributed by atoms with Crippen molar-refractivity contribution < 1.29 is 14.7 Å². The van der Waals surface area contributed by atoms with Crippen molar-refractivity contribution in [2.24, 2.45) is 0 Å². The van der Waals surface area contributed by atoms with Gasteiger partial charge in [0.2, 0.25) is 0 Å². The maximum absolute atomic E-state index is 12.3. The minimum Gasteiger partial charge on any atom is -0.481 e. The molecule has 1 heterocycles. The van der Waals surface area contributed by atoms with E-state index in [4.69, 9.17) is 5.11 Å². The molecular weight excluding hydrogens is 308 g/mol. The number of aromatic nitrogens is 2. The number of hydrogen-bond donors (Lipinski definition) is 3. The van der Waals surface area contributed by atoms with Crippen LogP contribution in [-0.4, -0.2) is 45.3 Å². The molecule has 0 aliphatic heterocycles. The lowest BCUT2D eigenvalue weighted by Crippen LogP contribution is -2.44. The van der Waals surface area contributed by atoms with E-state index >= 15 is 0 Å². The van der Waals surface area contributed by atoms with Gasteiger partial charge in [-0.25, -0.2) is 4.79 Å². The summed E-state index contributed by atoms with van der Waals surface area (Å²) >= 11 is 0. The summed E-state index contributed by atoms with van der Waals surface area (Å²) < 4.78 is 0. The van der Waals surface area contributed by atoms with Crippen molar-refractivity contribution in [1.82, 2.24) is 20.4 Å². The van der Waals surface area contributed by atoms with Crippen LogP contribution in [0.1, 0.15) is 24.1 Å². The molecular formula is C17H22N4O3. The molecule has 0 bridgehead atoms. The number of carboxylic acid groups (broad SMARTS) is 1. The number of hydrogen-bond acceptors (Lipinski definition) is 3. The van der Waals surface area contributed by atoms with E-state index in [9.17, 15) is 9.59 Å². The average Bonchev–Trinajstić information content (AvgIpc) is 3.06. The molecule has 2 aromatic rings. The fourth-order valence-electron chi connectivity index (χ4n) is 2.41. The highest BCUT2D eigenvalue weighted by Crippen LogP contribution is 2.09. The summed E-state index contributed by atoms with van der Waals surface area (Å²) in [6.45, 7) is 0.406. The summed E-state index contributed by atoms with van der Waals surface area (Å²) in [7, 11) is 1.69. The van der Waals surface area contributed by atoms with Crippen LogP contribution in [0.3, 0.4) is 0 Å². The minimum absolute atomic E-state index is 0.0159. The standard InChI is InChI=1S/C17H22N4O3/c1-21(12-15-9-10-18-20-15)17(24)19-14(7-8-16(22)23)11-13-5-3-2-4-6-13/h2-6,9-10,14H,7-8,11-12H2,1H3,(H,18,20)(H,19,24)(H,22,23). The number of rotatable bonds is 8. The first-order chi connectivity index (χ1) is 11.5. The Labute approximate surface area is 140 Å². The summed E-state index contributed by atoms with van der Waals surface area (Å²) in [6.07, 6.45) is 2.62. The summed E-state index contributed by atoms with van der Waals surface area (Å²) in [4.78, 5) is 24.7. The van der Waals surface area contributed by atoms with Crippen LogP contribution >= 0.6 is 0 Å². The second kappa shape index (κ2) is 8.71. The lowest BCUT2D eigenvalue weighted by molar-refractivity contribution is -0.137. The molecule has 128 valence electrons. The van der Waals surface area contributed by atoms with Gasteiger partial charge in [0.05, 0.1) is 12.2 Å². The van der Waals surface area contributed by atoms with Gasteiger partial charge in [0.15, 0.2) is 0 Å². The summed E-state index contributed by atoms with van der Waals surface area (Å²) in [5.41, 5.74) is 1.89. The Morgan fingerprint density at radius 3 is 2.67 bits per heavy atom. The normalized spacial score (nSPS) is 11.7. The quantitative estimate of drug-likeness (QED) is 0.689. The fourth-order valence-corrected chi connectivity index (χ4v) is 2.41. The molecule has 0 saturated heterocycles. The Bertz CT molecular complexity index is 643. The molecule has 0 aliphatic carbocycles. The summed E-state index contributed by atoms with van der Waals surface area (Å²) in [6, 6.07) is 11.0. The van der Waals surface area contributed by atoms with Gasteiger partial charge in [-0.2, -0.15) is 5.10 Å². The predicted molar refractivity (Wildman–Crippen MR) is 89.4 cm³/mol. The Kier molecular flexibility index (Phi) is 6.36. The van der Waals surface area contributed by atoms with Crippen LogP contribution in [0.15, 0.2) is 42.6 Å². The molecule has 2 rings (SSSR count). The summed E-state index contributed by atoms with van der Waals surface area (Å²) in [5, 5.41) is 18.5. The van der Waals surface area contributed by atoms with Gasteiger partial charge in [-0.1, -0.05) is 30.3 Å².